The first kappa shape index (κ1) is 17.6. The monoisotopic (exact) mass is 368 g/mol. The van der Waals surface area contributed by atoms with Crippen LogP contribution in [0.4, 0.5) is 0 Å². The van der Waals surface area contributed by atoms with Crippen LogP contribution in [0.15, 0.2) is 27.4 Å². The molecule has 0 radical (unpaired) electrons. The summed E-state index contributed by atoms with van der Waals surface area (Å²) >= 11 is 0. The lowest BCUT2D eigenvalue weighted by Gasteiger charge is -2.35. The third-order valence-corrected chi connectivity index (χ3v) is 6.29. The first-order valence-electron chi connectivity index (χ1n) is 7.78. The molecule has 0 aliphatic carbocycles. The van der Waals surface area contributed by atoms with Crippen LogP contribution < -0.4 is 5.76 Å². The zero-order valence-electron chi connectivity index (χ0n) is 14.3. The Hall–Kier alpha value is -2.17. The molecule has 0 unspecified atom stereocenters. The molecule has 3 rings (SSSR count). The minimum absolute atomic E-state index is 0.197. The zero-order chi connectivity index (χ0) is 18.4. The Kier molecular flexibility index (Phi) is 4.43. The van der Waals surface area contributed by atoms with E-state index < -0.39 is 16.0 Å². The SMILES string of the molecule is CN(C)S(=O)(=O)N1CCN(C(=O)c2ccc3oc(=O)n(C)c3c2)CC1. The lowest BCUT2D eigenvalue weighted by molar-refractivity contribution is 0.0695. The fourth-order valence-electron chi connectivity index (χ4n) is 2.80. The summed E-state index contributed by atoms with van der Waals surface area (Å²) in [5.41, 5.74) is 1.41. The van der Waals surface area contributed by atoms with Gasteiger partial charge in [0.2, 0.25) is 0 Å². The quantitative estimate of drug-likeness (QED) is 0.741. The van der Waals surface area contributed by atoms with Gasteiger partial charge in [0.1, 0.15) is 0 Å². The molecule has 0 bridgehead atoms. The molecule has 0 saturated carbocycles. The van der Waals surface area contributed by atoms with Gasteiger partial charge in [-0.2, -0.15) is 17.0 Å². The molecule has 1 fully saturated rings. The Morgan fingerprint density at radius 2 is 1.80 bits per heavy atom. The summed E-state index contributed by atoms with van der Waals surface area (Å²) in [7, 11) is 1.08. The number of amides is 1. The topological polar surface area (TPSA) is 96.1 Å². The van der Waals surface area contributed by atoms with Gasteiger partial charge in [-0.15, -0.1) is 0 Å². The molecular weight excluding hydrogens is 348 g/mol. The van der Waals surface area contributed by atoms with E-state index in [-0.39, 0.29) is 19.0 Å². The van der Waals surface area contributed by atoms with E-state index in [1.165, 1.54) is 23.0 Å². The van der Waals surface area contributed by atoms with Crippen molar-refractivity contribution in [2.75, 3.05) is 40.3 Å². The third-order valence-electron chi connectivity index (χ3n) is 4.35. The third kappa shape index (κ3) is 3.08. The van der Waals surface area contributed by atoms with Crippen molar-refractivity contribution in [2.24, 2.45) is 7.05 Å². The minimum atomic E-state index is -3.47. The van der Waals surface area contributed by atoms with Crippen molar-refractivity contribution in [1.29, 1.82) is 0 Å². The summed E-state index contributed by atoms with van der Waals surface area (Å²) in [5, 5.41) is 0. The first-order valence-corrected chi connectivity index (χ1v) is 9.18. The van der Waals surface area contributed by atoms with Gasteiger partial charge in [-0.3, -0.25) is 9.36 Å². The summed E-state index contributed by atoms with van der Waals surface area (Å²) in [6, 6.07) is 4.82. The molecule has 2 aromatic rings. The maximum atomic E-state index is 12.7. The normalized spacial score (nSPS) is 16.7. The second kappa shape index (κ2) is 6.28. The number of hydrogen-bond donors (Lipinski definition) is 0. The van der Waals surface area contributed by atoms with E-state index in [9.17, 15) is 18.0 Å². The molecule has 0 atom stereocenters. The van der Waals surface area contributed by atoms with Crippen LogP contribution in [0.25, 0.3) is 11.1 Å². The highest BCUT2D eigenvalue weighted by molar-refractivity contribution is 7.86. The molecule has 9 nitrogen and oxygen atoms in total. The van der Waals surface area contributed by atoms with Crippen molar-refractivity contribution in [3.63, 3.8) is 0 Å². The Morgan fingerprint density at radius 3 is 2.40 bits per heavy atom. The van der Waals surface area contributed by atoms with Gasteiger partial charge < -0.3 is 9.32 Å². The largest absolute Gasteiger partial charge is 0.419 e. The molecule has 1 aliphatic rings. The Bertz CT molecular complexity index is 967. The summed E-state index contributed by atoms with van der Waals surface area (Å²) in [6.45, 7) is 1.12. The van der Waals surface area contributed by atoms with E-state index in [1.54, 1.807) is 30.1 Å². The predicted octanol–water partition coefficient (Wildman–Crippen LogP) is -0.304. The summed E-state index contributed by atoms with van der Waals surface area (Å²) < 4.78 is 33.2. The number of carbonyl (C=O) groups is 1. The number of piperazine rings is 1. The molecule has 1 aliphatic heterocycles. The van der Waals surface area contributed by atoms with Crippen LogP contribution in [0.1, 0.15) is 10.4 Å². The maximum Gasteiger partial charge on any atom is 0.419 e. The molecule has 0 spiro atoms. The lowest BCUT2D eigenvalue weighted by Crippen LogP contribution is -2.53. The molecule has 136 valence electrons. The average Bonchev–Trinajstić information content (AvgIpc) is 2.88. The van der Waals surface area contributed by atoms with Gasteiger partial charge in [0.15, 0.2) is 5.58 Å². The molecule has 1 aromatic heterocycles. The summed E-state index contributed by atoms with van der Waals surface area (Å²) in [4.78, 5) is 25.8. The van der Waals surface area contributed by atoms with Crippen LogP contribution >= 0.6 is 0 Å². The van der Waals surface area contributed by atoms with Crippen LogP contribution in [0.2, 0.25) is 0 Å². The number of oxazole rings is 1. The van der Waals surface area contributed by atoms with Crippen LogP contribution in [0.3, 0.4) is 0 Å². The van der Waals surface area contributed by atoms with Crippen LogP contribution in [-0.2, 0) is 17.3 Å². The van der Waals surface area contributed by atoms with Crippen LogP contribution in [-0.4, -0.2) is 72.7 Å². The second-order valence-electron chi connectivity index (χ2n) is 6.09. The second-order valence-corrected chi connectivity index (χ2v) is 8.23. The summed E-state index contributed by atoms with van der Waals surface area (Å²) in [6.07, 6.45) is 0. The molecule has 10 heteroatoms. The molecule has 2 heterocycles. The molecule has 1 saturated heterocycles. The van der Waals surface area contributed by atoms with Crippen molar-refractivity contribution < 1.29 is 17.6 Å². The minimum Gasteiger partial charge on any atom is -0.408 e. The number of hydrogen-bond acceptors (Lipinski definition) is 5. The standard InChI is InChI=1S/C15H20N4O5S/c1-16(2)25(22,23)19-8-6-18(7-9-19)14(20)11-4-5-13-12(10-11)17(3)15(21)24-13/h4-5,10H,6-9H2,1-3H3. The molecular formula is C15H20N4O5S. The smallest absolute Gasteiger partial charge is 0.408 e. The van der Waals surface area contributed by atoms with Crippen LogP contribution in [0, 0.1) is 0 Å². The number of carbonyl (C=O) groups excluding carboxylic acids is 1. The molecule has 25 heavy (non-hydrogen) atoms. The Balaban J connectivity index is 1.77. The average molecular weight is 368 g/mol. The van der Waals surface area contributed by atoms with Gasteiger partial charge in [-0.05, 0) is 18.2 Å². The summed E-state index contributed by atoms with van der Waals surface area (Å²) in [5.74, 6) is -0.681. The Labute approximate surface area is 145 Å². The van der Waals surface area contributed by atoms with Crippen LogP contribution in [0.5, 0.6) is 0 Å². The Morgan fingerprint density at radius 1 is 1.16 bits per heavy atom. The highest BCUT2D eigenvalue weighted by Crippen LogP contribution is 2.17. The number of aromatic nitrogens is 1. The van der Waals surface area contributed by atoms with Gasteiger partial charge in [-0.25, -0.2) is 4.79 Å². The van der Waals surface area contributed by atoms with E-state index in [4.69, 9.17) is 4.42 Å². The van der Waals surface area contributed by atoms with Crippen molar-refractivity contribution in [3.05, 3.63) is 34.3 Å². The maximum absolute atomic E-state index is 12.7. The van der Waals surface area contributed by atoms with Crippen molar-refractivity contribution in [1.82, 2.24) is 18.1 Å². The molecule has 1 aromatic carbocycles. The highest BCUT2D eigenvalue weighted by atomic mass is 32.2. The number of nitrogens with zero attached hydrogens (tertiary/aromatic N) is 4. The molecule has 0 N–H and O–H groups in total. The lowest BCUT2D eigenvalue weighted by atomic mass is 10.1. The van der Waals surface area contributed by atoms with Crippen molar-refractivity contribution in [2.45, 2.75) is 0 Å². The van der Waals surface area contributed by atoms with Crippen molar-refractivity contribution >= 4 is 27.2 Å². The predicted molar refractivity (Wildman–Crippen MR) is 91.5 cm³/mol. The highest BCUT2D eigenvalue weighted by Gasteiger charge is 2.30. The van der Waals surface area contributed by atoms with Crippen molar-refractivity contribution in [3.8, 4) is 0 Å². The van der Waals surface area contributed by atoms with Gasteiger partial charge in [0, 0.05) is 52.9 Å². The van der Waals surface area contributed by atoms with Gasteiger partial charge in [-0.1, -0.05) is 0 Å². The zero-order valence-corrected chi connectivity index (χ0v) is 15.1. The van der Waals surface area contributed by atoms with E-state index in [2.05, 4.69) is 0 Å². The van der Waals surface area contributed by atoms with E-state index >= 15 is 0 Å². The number of rotatable bonds is 3. The van der Waals surface area contributed by atoms with Gasteiger partial charge in [0.05, 0.1) is 5.52 Å². The fraction of sp³-hybridized carbons (Fsp3) is 0.467. The van der Waals surface area contributed by atoms with E-state index in [0.717, 1.165) is 4.31 Å². The van der Waals surface area contributed by atoms with E-state index in [1.807, 2.05) is 0 Å². The number of fused-ring (bicyclic) bond motifs is 1. The fourth-order valence-corrected chi connectivity index (χ4v) is 3.88. The number of aryl methyl sites for hydroxylation is 1. The van der Waals surface area contributed by atoms with Gasteiger partial charge >= 0.3 is 5.76 Å². The van der Waals surface area contributed by atoms with Gasteiger partial charge in [0.25, 0.3) is 16.1 Å². The van der Waals surface area contributed by atoms with E-state index in [0.29, 0.717) is 29.8 Å². The molecule has 1 amide bonds. The number of benzene rings is 1. The first-order chi connectivity index (χ1) is 11.7.